The van der Waals surface area contributed by atoms with E-state index in [1.807, 2.05) is 56.9 Å². The molecule has 0 saturated heterocycles. The van der Waals surface area contributed by atoms with Crippen molar-refractivity contribution >= 4 is 11.7 Å². The van der Waals surface area contributed by atoms with E-state index in [0.29, 0.717) is 24.3 Å². The fourth-order valence-corrected chi connectivity index (χ4v) is 3.45. The summed E-state index contributed by atoms with van der Waals surface area (Å²) in [6.45, 7) is 9.34. The lowest BCUT2D eigenvalue weighted by Gasteiger charge is -2.30. The van der Waals surface area contributed by atoms with Crippen molar-refractivity contribution in [1.29, 1.82) is 0 Å². The van der Waals surface area contributed by atoms with Gasteiger partial charge in [-0.25, -0.2) is 0 Å². The smallest absolute Gasteiger partial charge is 0.254 e. The lowest BCUT2D eigenvalue weighted by Crippen LogP contribution is -2.42. The summed E-state index contributed by atoms with van der Waals surface area (Å²) in [7, 11) is 0. The second-order valence-electron chi connectivity index (χ2n) is 8.19. The van der Waals surface area contributed by atoms with Crippen LogP contribution in [0.5, 0.6) is 11.5 Å². The predicted molar refractivity (Wildman–Crippen MR) is 127 cm³/mol. The molecule has 3 N–H and O–H groups in total. The molecule has 0 aliphatic rings. The Bertz CT molecular complexity index is 854. The first kappa shape index (κ1) is 25.0. The molecule has 0 aliphatic carbocycles. The first-order valence-electron chi connectivity index (χ1n) is 11.1. The van der Waals surface area contributed by atoms with E-state index in [9.17, 15) is 4.79 Å². The van der Waals surface area contributed by atoms with Gasteiger partial charge in [-0.2, -0.15) is 0 Å². The van der Waals surface area contributed by atoms with E-state index in [1.165, 1.54) is 0 Å². The van der Waals surface area contributed by atoms with Crippen LogP contribution in [-0.4, -0.2) is 47.1 Å². The Kier molecular flexibility index (Phi) is 9.85. The van der Waals surface area contributed by atoms with Crippen LogP contribution >= 0.6 is 0 Å². The highest BCUT2D eigenvalue weighted by Gasteiger charge is 2.21. The van der Waals surface area contributed by atoms with Crippen LogP contribution in [0.2, 0.25) is 0 Å². The minimum absolute atomic E-state index is 0.0428. The van der Waals surface area contributed by atoms with Crippen molar-refractivity contribution in [3.63, 3.8) is 0 Å². The van der Waals surface area contributed by atoms with Gasteiger partial charge in [0.2, 0.25) is 0 Å². The van der Waals surface area contributed by atoms with E-state index >= 15 is 0 Å². The Morgan fingerprint density at radius 2 is 1.28 bits per heavy atom. The SMILES string of the molecule is CC(C)N(C(=O)c1ccc(OCCCCCOc2ccc(/C(N)=N\O)cc2)cc1)C(C)C. The van der Waals surface area contributed by atoms with Crippen LogP contribution in [-0.2, 0) is 0 Å². The summed E-state index contributed by atoms with van der Waals surface area (Å²) >= 11 is 0. The van der Waals surface area contributed by atoms with Crippen LogP contribution in [0.15, 0.2) is 53.7 Å². The van der Waals surface area contributed by atoms with Crippen molar-refractivity contribution in [1.82, 2.24) is 4.90 Å². The number of oxime groups is 1. The molecule has 0 saturated carbocycles. The van der Waals surface area contributed by atoms with Crippen LogP contribution in [0.3, 0.4) is 0 Å². The maximum absolute atomic E-state index is 12.7. The molecular weight excluding hydrogens is 406 g/mol. The van der Waals surface area contributed by atoms with Gasteiger partial charge < -0.3 is 25.3 Å². The molecule has 0 heterocycles. The molecule has 0 spiro atoms. The van der Waals surface area contributed by atoms with Crippen LogP contribution < -0.4 is 15.2 Å². The van der Waals surface area contributed by atoms with Gasteiger partial charge in [-0.15, -0.1) is 0 Å². The predicted octanol–water partition coefficient (Wildman–Crippen LogP) is 4.67. The molecule has 2 rings (SSSR count). The van der Waals surface area contributed by atoms with E-state index in [-0.39, 0.29) is 23.8 Å². The summed E-state index contributed by atoms with van der Waals surface area (Å²) in [6.07, 6.45) is 2.82. The maximum Gasteiger partial charge on any atom is 0.254 e. The number of benzene rings is 2. The number of amidine groups is 1. The number of hydrogen-bond acceptors (Lipinski definition) is 5. The topological polar surface area (TPSA) is 97.4 Å². The third-order valence-electron chi connectivity index (χ3n) is 5.03. The lowest BCUT2D eigenvalue weighted by molar-refractivity contribution is 0.0643. The molecule has 2 aromatic rings. The quantitative estimate of drug-likeness (QED) is 0.164. The van der Waals surface area contributed by atoms with Crippen molar-refractivity contribution in [2.75, 3.05) is 13.2 Å². The standard InChI is InChI=1S/C25H35N3O4/c1-18(2)28(19(3)4)25(29)21-10-14-23(15-11-21)32-17-7-5-6-16-31-22-12-8-20(9-13-22)24(26)27-30/h8-15,18-19,30H,5-7,16-17H2,1-4H3,(H2,26,27). The Morgan fingerprint density at radius 3 is 1.69 bits per heavy atom. The first-order chi connectivity index (χ1) is 15.3. The number of carbonyl (C=O) groups is 1. The highest BCUT2D eigenvalue weighted by Crippen LogP contribution is 2.17. The molecule has 0 aromatic heterocycles. The molecule has 32 heavy (non-hydrogen) atoms. The number of nitrogens with zero attached hydrogens (tertiary/aromatic N) is 2. The molecular formula is C25H35N3O4. The lowest BCUT2D eigenvalue weighted by atomic mass is 10.1. The summed E-state index contributed by atoms with van der Waals surface area (Å²) in [5, 5.41) is 11.6. The Labute approximate surface area is 190 Å². The van der Waals surface area contributed by atoms with Gasteiger partial charge in [-0.1, -0.05) is 5.16 Å². The van der Waals surface area contributed by atoms with Gasteiger partial charge in [-0.05, 0) is 95.5 Å². The molecule has 174 valence electrons. The van der Waals surface area contributed by atoms with Crippen molar-refractivity contribution < 1.29 is 19.5 Å². The minimum Gasteiger partial charge on any atom is -0.494 e. The number of hydrogen-bond donors (Lipinski definition) is 2. The highest BCUT2D eigenvalue weighted by atomic mass is 16.5. The van der Waals surface area contributed by atoms with Gasteiger partial charge in [-0.3, -0.25) is 4.79 Å². The molecule has 7 nitrogen and oxygen atoms in total. The third kappa shape index (κ3) is 7.48. The Morgan fingerprint density at radius 1 is 0.844 bits per heavy atom. The monoisotopic (exact) mass is 441 g/mol. The van der Waals surface area contributed by atoms with Gasteiger partial charge in [0, 0.05) is 23.2 Å². The fraction of sp³-hybridized carbons (Fsp3) is 0.440. The van der Waals surface area contributed by atoms with Crippen molar-refractivity contribution in [3.8, 4) is 11.5 Å². The van der Waals surface area contributed by atoms with Gasteiger partial charge in [0.15, 0.2) is 5.84 Å². The van der Waals surface area contributed by atoms with Crippen LogP contribution in [0.1, 0.15) is 62.9 Å². The number of rotatable bonds is 12. The van der Waals surface area contributed by atoms with E-state index in [2.05, 4.69) is 5.16 Å². The first-order valence-corrected chi connectivity index (χ1v) is 11.1. The van der Waals surface area contributed by atoms with Crippen molar-refractivity contribution in [2.24, 2.45) is 10.9 Å². The summed E-state index contributed by atoms with van der Waals surface area (Å²) in [5.41, 5.74) is 6.86. The molecule has 2 aromatic carbocycles. The summed E-state index contributed by atoms with van der Waals surface area (Å²) in [5.74, 6) is 1.63. The van der Waals surface area contributed by atoms with E-state index < -0.39 is 0 Å². The summed E-state index contributed by atoms with van der Waals surface area (Å²) in [6, 6.07) is 14.8. The van der Waals surface area contributed by atoms with Crippen LogP contribution in [0.25, 0.3) is 0 Å². The second-order valence-corrected chi connectivity index (χ2v) is 8.19. The van der Waals surface area contributed by atoms with E-state index in [1.54, 1.807) is 24.3 Å². The zero-order valence-corrected chi connectivity index (χ0v) is 19.5. The fourth-order valence-electron chi connectivity index (χ4n) is 3.45. The minimum atomic E-state index is 0.0428. The normalized spacial score (nSPS) is 11.6. The largest absolute Gasteiger partial charge is 0.494 e. The van der Waals surface area contributed by atoms with Crippen LogP contribution in [0, 0.1) is 0 Å². The van der Waals surface area contributed by atoms with Crippen molar-refractivity contribution in [2.45, 2.75) is 59.0 Å². The number of unbranched alkanes of at least 4 members (excludes halogenated alkanes) is 2. The maximum atomic E-state index is 12.7. The Balaban J connectivity index is 1.66. The molecule has 0 radical (unpaired) electrons. The van der Waals surface area contributed by atoms with Gasteiger partial charge in [0.05, 0.1) is 13.2 Å². The van der Waals surface area contributed by atoms with Gasteiger partial charge in [0.25, 0.3) is 5.91 Å². The molecule has 1 amide bonds. The van der Waals surface area contributed by atoms with Gasteiger partial charge >= 0.3 is 0 Å². The molecule has 0 aliphatic heterocycles. The molecule has 0 atom stereocenters. The highest BCUT2D eigenvalue weighted by molar-refractivity contribution is 5.97. The van der Waals surface area contributed by atoms with E-state index in [0.717, 1.165) is 30.8 Å². The molecule has 7 heteroatoms. The third-order valence-corrected chi connectivity index (χ3v) is 5.03. The molecule has 0 fully saturated rings. The second kappa shape index (κ2) is 12.6. The van der Waals surface area contributed by atoms with Crippen LogP contribution in [0.4, 0.5) is 0 Å². The summed E-state index contributed by atoms with van der Waals surface area (Å²) < 4.78 is 11.5. The zero-order valence-electron chi connectivity index (χ0n) is 19.5. The number of carbonyl (C=O) groups excluding carboxylic acids is 1. The Hall–Kier alpha value is -3.22. The number of ether oxygens (including phenoxy) is 2. The average Bonchev–Trinajstić information content (AvgIpc) is 2.78. The molecule has 0 unspecified atom stereocenters. The van der Waals surface area contributed by atoms with Gasteiger partial charge in [0.1, 0.15) is 11.5 Å². The number of nitrogens with two attached hydrogens (primary N) is 1. The zero-order chi connectivity index (χ0) is 23.5. The molecule has 0 bridgehead atoms. The average molecular weight is 442 g/mol. The number of amides is 1. The van der Waals surface area contributed by atoms with Crippen molar-refractivity contribution in [3.05, 3.63) is 59.7 Å². The van der Waals surface area contributed by atoms with E-state index in [4.69, 9.17) is 20.4 Å². The summed E-state index contributed by atoms with van der Waals surface area (Å²) in [4.78, 5) is 14.6.